The van der Waals surface area contributed by atoms with Crippen LogP contribution in [0.25, 0.3) is 22.4 Å². The molecule has 0 N–H and O–H groups in total. The smallest absolute Gasteiger partial charge is 0.182 e. The van der Waals surface area contributed by atoms with Crippen LogP contribution in [0.4, 0.5) is 0 Å². The van der Waals surface area contributed by atoms with E-state index in [1.807, 2.05) is 48.5 Å². The van der Waals surface area contributed by atoms with Crippen LogP contribution in [0.3, 0.4) is 0 Å². The third-order valence-corrected chi connectivity index (χ3v) is 2.69. The highest BCUT2D eigenvalue weighted by molar-refractivity contribution is 5.75. The molecule has 88 valence electrons. The molecule has 0 radical (unpaired) electrons. The molecular weight excluding hydrogens is 226 g/mol. The van der Waals surface area contributed by atoms with Crippen LogP contribution in [0.1, 0.15) is 0 Å². The van der Waals surface area contributed by atoms with Crippen molar-refractivity contribution in [2.24, 2.45) is 0 Å². The summed E-state index contributed by atoms with van der Waals surface area (Å²) in [7, 11) is 1.64. The minimum Gasteiger partial charge on any atom is -0.497 e. The van der Waals surface area contributed by atoms with Crippen molar-refractivity contribution in [3.63, 3.8) is 0 Å². The molecule has 2 aromatic carbocycles. The Morgan fingerprint density at radius 1 is 0.889 bits per heavy atom. The minimum atomic E-state index is 0.604. The third-order valence-electron chi connectivity index (χ3n) is 2.69. The van der Waals surface area contributed by atoms with E-state index >= 15 is 0 Å². The highest BCUT2D eigenvalue weighted by atomic mass is 16.5. The number of hydrogen-bond donors (Lipinski definition) is 0. The van der Waals surface area contributed by atoms with Crippen molar-refractivity contribution < 1.29 is 4.74 Å². The summed E-state index contributed by atoms with van der Waals surface area (Å²) in [6.45, 7) is 0. The van der Waals surface area contributed by atoms with Gasteiger partial charge in [0.05, 0.1) is 12.6 Å². The van der Waals surface area contributed by atoms with E-state index in [4.69, 9.17) is 4.74 Å². The Bertz CT molecular complexity index is 697. The quantitative estimate of drug-likeness (QED) is 0.687. The summed E-state index contributed by atoms with van der Waals surface area (Å²) in [5.74, 6) is 1.39. The van der Waals surface area contributed by atoms with Crippen molar-refractivity contribution in [3.05, 3.63) is 48.5 Å². The summed E-state index contributed by atoms with van der Waals surface area (Å²) in [5.41, 5.74) is 2.53. The minimum absolute atomic E-state index is 0.604. The molecule has 0 atom stereocenters. The standard InChI is InChI=1S/C14H11N3O/c1-18-11-6-4-5-10(9-11)14-15-12-7-2-3-8-13(12)16-17-14/h2-9H,1H3. The Morgan fingerprint density at radius 3 is 2.56 bits per heavy atom. The summed E-state index contributed by atoms with van der Waals surface area (Å²) in [4.78, 5) is 4.49. The van der Waals surface area contributed by atoms with Gasteiger partial charge in [0.15, 0.2) is 5.82 Å². The maximum atomic E-state index is 5.19. The molecule has 0 bridgehead atoms. The van der Waals surface area contributed by atoms with Crippen LogP contribution in [0.5, 0.6) is 5.75 Å². The highest BCUT2D eigenvalue weighted by Gasteiger charge is 2.05. The Balaban J connectivity index is 2.13. The first kappa shape index (κ1) is 10.7. The molecule has 0 aliphatic carbocycles. The van der Waals surface area contributed by atoms with Crippen molar-refractivity contribution in [3.8, 4) is 17.1 Å². The lowest BCUT2D eigenvalue weighted by Crippen LogP contribution is -1.94. The van der Waals surface area contributed by atoms with Crippen LogP contribution >= 0.6 is 0 Å². The van der Waals surface area contributed by atoms with Gasteiger partial charge in [0, 0.05) is 5.56 Å². The van der Waals surface area contributed by atoms with Crippen LogP contribution in [-0.4, -0.2) is 22.3 Å². The van der Waals surface area contributed by atoms with Gasteiger partial charge in [0.2, 0.25) is 0 Å². The van der Waals surface area contributed by atoms with Gasteiger partial charge in [-0.3, -0.25) is 0 Å². The van der Waals surface area contributed by atoms with Gasteiger partial charge in [-0.25, -0.2) is 4.98 Å². The van der Waals surface area contributed by atoms with Gasteiger partial charge < -0.3 is 4.74 Å². The fourth-order valence-corrected chi connectivity index (χ4v) is 1.77. The number of fused-ring (bicyclic) bond motifs is 1. The Kier molecular flexibility index (Phi) is 2.61. The van der Waals surface area contributed by atoms with E-state index in [0.717, 1.165) is 22.3 Å². The summed E-state index contributed by atoms with van der Waals surface area (Å²) in [6, 6.07) is 15.3. The monoisotopic (exact) mass is 237 g/mol. The maximum Gasteiger partial charge on any atom is 0.182 e. The second kappa shape index (κ2) is 4.41. The molecule has 4 nitrogen and oxygen atoms in total. The zero-order valence-corrected chi connectivity index (χ0v) is 9.87. The first-order valence-electron chi connectivity index (χ1n) is 5.61. The zero-order valence-electron chi connectivity index (χ0n) is 9.87. The van der Waals surface area contributed by atoms with Gasteiger partial charge in [-0.1, -0.05) is 24.3 Å². The van der Waals surface area contributed by atoms with Crippen LogP contribution < -0.4 is 4.74 Å². The second-order valence-corrected chi connectivity index (χ2v) is 3.86. The van der Waals surface area contributed by atoms with E-state index in [1.54, 1.807) is 7.11 Å². The Labute approximate surface area is 104 Å². The summed E-state index contributed by atoms with van der Waals surface area (Å²) in [6.07, 6.45) is 0. The van der Waals surface area contributed by atoms with E-state index in [0.29, 0.717) is 5.82 Å². The van der Waals surface area contributed by atoms with Crippen LogP contribution in [0, 0.1) is 0 Å². The Hall–Kier alpha value is -2.49. The van der Waals surface area contributed by atoms with Crippen molar-refractivity contribution in [2.75, 3.05) is 7.11 Å². The molecule has 0 fully saturated rings. The number of para-hydroxylation sites is 1. The number of hydrogen-bond acceptors (Lipinski definition) is 4. The lowest BCUT2D eigenvalue weighted by Gasteiger charge is -2.03. The van der Waals surface area contributed by atoms with Gasteiger partial charge in [-0.05, 0) is 24.3 Å². The molecule has 0 saturated carbocycles. The number of ether oxygens (including phenoxy) is 1. The molecule has 3 rings (SSSR count). The van der Waals surface area contributed by atoms with E-state index in [9.17, 15) is 0 Å². The molecule has 0 spiro atoms. The number of benzene rings is 2. The zero-order chi connectivity index (χ0) is 12.4. The third kappa shape index (κ3) is 1.88. The molecule has 4 heteroatoms. The van der Waals surface area contributed by atoms with Crippen LogP contribution in [0.2, 0.25) is 0 Å². The normalized spacial score (nSPS) is 10.5. The predicted molar refractivity (Wildman–Crippen MR) is 69.3 cm³/mol. The fraction of sp³-hybridized carbons (Fsp3) is 0.0714. The first-order valence-corrected chi connectivity index (χ1v) is 5.61. The van der Waals surface area contributed by atoms with Crippen LogP contribution in [0.15, 0.2) is 48.5 Å². The van der Waals surface area contributed by atoms with E-state index in [1.165, 1.54) is 0 Å². The van der Waals surface area contributed by atoms with Gasteiger partial charge >= 0.3 is 0 Å². The molecule has 3 aromatic rings. The lowest BCUT2D eigenvalue weighted by molar-refractivity contribution is 0.415. The van der Waals surface area contributed by atoms with Crippen molar-refractivity contribution in [2.45, 2.75) is 0 Å². The summed E-state index contributed by atoms with van der Waals surface area (Å²) < 4.78 is 5.19. The van der Waals surface area contributed by atoms with Gasteiger partial charge in [0.25, 0.3) is 0 Å². The molecule has 1 aromatic heterocycles. The highest BCUT2D eigenvalue weighted by Crippen LogP contribution is 2.21. The van der Waals surface area contributed by atoms with E-state index in [2.05, 4.69) is 15.2 Å². The van der Waals surface area contributed by atoms with Gasteiger partial charge in [0.1, 0.15) is 11.3 Å². The van der Waals surface area contributed by atoms with Crippen molar-refractivity contribution in [1.29, 1.82) is 0 Å². The summed E-state index contributed by atoms with van der Waals surface area (Å²) >= 11 is 0. The molecule has 18 heavy (non-hydrogen) atoms. The number of nitrogens with zero attached hydrogens (tertiary/aromatic N) is 3. The molecule has 0 amide bonds. The number of rotatable bonds is 2. The van der Waals surface area contributed by atoms with Gasteiger partial charge in [-0.15, -0.1) is 10.2 Å². The molecule has 0 saturated heterocycles. The summed E-state index contributed by atoms with van der Waals surface area (Å²) in [5, 5.41) is 8.30. The topological polar surface area (TPSA) is 47.9 Å². The van der Waals surface area contributed by atoms with E-state index in [-0.39, 0.29) is 0 Å². The SMILES string of the molecule is COc1cccc(-c2nnc3ccccc3n2)c1. The van der Waals surface area contributed by atoms with Crippen LogP contribution in [-0.2, 0) is 0 Å². The average Bonchev–Trinajstić information content (AvgIpc) is 2.47. The predicted octanol–water partition coefficient (Wildman–Crippen LogP) is 2.70. The lowest BCUT2D eigenvalue weighted by atomic mass is 10.2. The average molecular weight is 237 g/mol. The molecule has 1 heterocycles. The first-order chi connectivity index (χ1) is 8.86. The van der Waals surface area contributed by atoms with Gasteiger partial charge in [-0.2, -0.15) is 0 Å². The largest absolute Gasteiger partial charge is 0.497 e. The Morgan fingerprint density at radius 2 is 1.72 bits per heavy atom. The second-order valence-electron chi connectivity index (χ2n) is 3.86. The molecule has 0 aliphatic heterocycles. The van der Waals surface area contributed by atoms with E-state index < -0.39 is 0 Å². The van der Waals surface area contributed by atoms with Crippen molar-refractivity contribution in [1.82, 2.24) is 15.2 Å². The van der Waals surface area contributed by atoms with Crippen molar-refractivity contribution >= 4 is 11.0 Å². The molecule has 0 aliphatic rings. The number of methoxy groups -OCH3 is 1. The maximum absolute atomic E-state index is 5.19. The number of aromatic nitrogens is 3. The molecule has 0 unspecified atom stereocenters. The molecular formula is C14H11N3O. The fourth-order valence-electron chi connectivity index (χ4n) is 1.77.